The number of nitrogens with one attached hydrogen (secondary N) is 1. The van der Waals surface area contributed by atoms with E-state index in [-0.39, 0.29) is 0 Å². The zero-order chi connectivity index (χ0) is 9.10. The van der Waals surface area contributed by atoms with Crippen LogP contribution < -0.4 is 5.32 Å². The average molecular weight is 183 g/mol. The fourth-order valence-corrected chi connectivity index (χ4v) is 2.58. The summed E-state index contributed by atoms with van der Waals surface area (Å²) in [6.45, 7) is 4.35. The first-order valence-corrected chi connectivity index (χ1v) is 5.76. The van der Waals surface area contributed by atoms with Gasteiger partial charge in [0.15, 0.2) is 0 Å². The number of morpholine rings is 1. The summed E-state index contributed by atoms with van der Waals surface area (Å²) in [6, 6.07) is 0. The minimum absolute atomic E-state index is 0.472. The Morgan fingerprint density at radius 3 is 2.69 bits per heavy atom. The van der Waals surface area contributed by atoms with Gasteiger partial charge in [-0.15, -0.1) is 0 Å². The molecule has 0 aromatic carbocycles. The second kappa shape index (κ2) is 4.43. The van der Waals surface area contributed by atoms with Crippen LogP contribution in [0.2, 0.25) is 0 Å². The Labute approximate surface area is 81.0 Å². The molecule has 0 spiro atoms. The van der Waals surface area contributed by atoms with E-state index in [1.165, 1.54) is 25.7 Å². The highest BCUT2D eigenvalue weighted by atomic mass is 16.5. The third kappa shape index (κ3) is 2.23. The van der Waals surface area contributed by atoms with E-state index < -0.39 is 0 Å². The number of ether oxygens (including phenoxy) is 1. The first-order chi connectivity index (χ1) is 6.40. The molecule has 1 heterocycles. The molecule has 2 aliphatic rings. The lowest BCUT2D eigenvalue weighted by atomic mass is 9.99. The highest BCUT2D eigenvalue weighted by Gasteiger charge is 2.29. The van der Waals surface area contributed by atoms with E-state index in [1.807, 2.05) is 0 Å². The van der Waals surface area contributed by atoms with Gasteiger partial charge in [-0.2, -0.15) is 0 Å². The molecule has 2 unspecified atom stereocenters. The Morgan fingerprint density at radius 2 is 2.00 bits per heavy atom. The van der Waals surface area contributed by atoms with Crippen LogP contribution in [-0.4, -0.2) is 25.3 Å². The van der Waals surface area contributed by atoms with Crippen molar-refractivity contribution in [1.82, 2.24) is 5.32 Å². The summed E-state index contributed by atoms with van der Waals surface area (Å²) in [4.78, 5) is 0. The first kappa shape index (κ1) is 9.47. The maximum Gasteiger partial charge on any atom is 0.0731 e. The first-order valence-electron chi connectivity index (χ1n) is 5.76. The summed E-state index contributed by atoms with van der Waals surface area (Å²) >= 11 is 0. The van der Waals surface area contributed by atoms with Gasteiger partial charge in [-0.05, 0) is 25.2 Å². The maximum atomic E-state index is 6.06. The molecule has 13 heavy (non-hydrogen) atoms. The van der Waals surface area contributed by atoms with E-state index in [1.54, 1.807) is 0 Å². The van der Waals surface area contributed by atoms with Crippen molar-refractivity contribution in [3.8, 4) is 0 Å². The fraction of sp³-hybridized carbons (Fsp3) is 1.00. The van der Waals surface area contributed by atoms with Crippen LogP contribution in [0.3, 0.4) is 0 Å². The molecular formula is C11H21NO. The van der Waals surface area contributed by atoms with Crippen LogP contribution in [0.15, 0.2) is 0 Å². The van der Waals surface area contributed by atoms with Crippen LogP contribution in [-0.2, 0) is 4.74 Å². The molecule has 1 aliphatic heterocycles. The van der Waals surface area contributed by atoms with E-state index >= 15 is 0 Å². The topological polar surface area (TPSA) is 21.3 Å². The third-order valence-corrected chi connectivity index (χ3v) is 3.47. The molecular weight excluding hydrogens is 162 g/mol. The van der Waals surface area contributed by atoms with E-state index in [0.717, 1.165) is 25.4 Å². The molecule has 2 atom stereocenters. The number of rotatable bonds is 2. The molecule has 0 aromatic rings. The average Bonchev–Trinajstić information content (AvgIpc) is 2.71. The highest BCUT2D eigenvalue weighted by Crippen LogP contribution is 2.30. The Morgan fingerprint density at radius 1 is 1.23 bits per heavy atom. The Balaban J connectivity index is 1.84. The van der Waals surface area contributed by atoms with Crippen molar-refractivity contribution in [1.29, 1.82) is 0 Å². The Kier molecular flexibility index (Phi) is 3.23. The van der Waals surface area contributed by atoms with Gasteiger partial charge in [-0.1, -0.05) is 19.8 Å². The van der Waals surface area contributed by atoms with Crippen LogP contribution in [0.1, 0.15) is 39.0 Å². The second-order valence-corrected chi connectivity index (χ2v) is 4.41. The molecule has 2 rings (SSSR count). The largest absolute Gasteiger partial charge is 0.372 e. The van der Waals surface area contributed by atoms with E-state index in [9.17, 15) is 0 Å². The Bertz CT molecular complexity index is 154. The minimum Gasteiger partial charge on any atom is -0.372 e. The summed E-state index contributed by atoms with van der Waals surface area (Å²) < 4.78 is 6.06. The SMILES string of the molecule is CCC1CNCC(C2CCCC2)O1. The van der Waals surface area contributed by atoms with Gasteiger partial charge in [0.25, 0.3) is 0 Å². The van der Waals surface area contributed by atoms with Gasteiger partial charge < -0.3 is 10.1 Å². The van der Waals surface area contributed by atoms with Gasteiger partial charge in [-0.3, -0.25) is 0 Å². The molecule has 0 radical (unpaired) electrons. The molecule has 1 aliphatic carbocycles. The third-order valence-electron chi connectivity index (χ3n) is 3.47. The zero-order valence-electron chi connectivity index (χ0n) is 8.59. The fourth-order valence-electron chi connectivity index (χ4n) is 2.58. The van der Waals surface area contributed by atoms with Crippen molar-refractivity contribution in [2.75, 3.05) is 13.1 Å². The highest BCUT2D eigenvalue weighted by molar-refractivity contribution is 4.82. The van der Waals surface area contributed by atoms with Crippen molar-refractivity contribution in [2.45, 2.75) is 51.2 Å². The van der Waals surface area contributed by atoms with Crippen LogP contribution in [0.25, 0.3) is 0 Å². The van der Waals surface area contributed by atoms with Gasteiger partial charge >= 0.3 is 0 Å². The molecule has 0 aromatic heterocycles. The number of hydrogen-bond donors (Lipinski definition) is 1. The van der Waals surface area contributed by atoms with Gasteiger partial charge in [0.1, 0.15) is 0 Å². The molecule has 2 nitrogen and oxygen atoms in total. The maximum absolute atomic E-state index is 6.06. The molecule has 1 N–H and O–H groups in total. The van der Waals surface area contributed by atoms with Gasteiger partial charge in [0.05, 0.1) is 12.2 Å². The summed E-state index contributed by atoms with van der Waals surface area (Å²) in [5.41, 5.74) is 0. The second-order valence-electron chi connectivity index (χ2n) is 4.41. The molecule has 1 saturated heterocycles. The monoisotopic (exact) mass is 183 g/mol. The van der Waals surface area contributed by atoms with E-state index in [2.05, 4.69) is 12.2 Å². The van der Waals surface area contributed by atoms with Crippen LogP contribution in [0, 0.1) is 5.92 Å². The minimum atomic E-state index is 0.472. The lowest BCUT2D eigenvalue weighted by Crippen LogP contribution is -2.47. The standard InChI is InChI=1S/C11H21NO/c1-2-10-7-12-8-11(13-10)9-5-3-4-6-9/h9-12H,2-8H2,1H3. The summed E-state index contributed by atoms with van der Waals surface area (Å²) in [5.74, 6) is 0.849. The quantitative estimate of drug-likeness (QED) is 0.706. The van der Waals surface area contributed by atoms with Gasteiger partial charge in [0.2, 0.25) is 0 Å². The van der Waals surface area contributed by atoms with Crippen molar-refractivity contribution < 1.29 is 4.74 Å². The normalized spacial score (nSPS) is 36.7. The molecule has 2 heteroatoms. The molecule has 76 valence electrons. The van der Waals surface area contributed by atoms with Crippen molar-refractivity contribution in [3.05, 3.63) is 0 Å². The molecule has 2 fully saturated rings. The number of hydrogen-bond acceptors (Lipinski definition) is 2. The predicted octanol–water partition coefficient (Wildman–Crippen LogP) is 1.94. The van der Waals surface area contributed by atoms with Crippen LogP contribution >= 0.6 is 0 Å². The summed E-state index contributed by atoms with van der Waals surface area (Å²) in [5, 5.41) is 3.49. The summed E-state index contributed by atoms with van der Waals surface area (Å²) in [7, 11) is 0. The molecule has 0 amide bonds. The van der Waals surface area contributed by atoms with Crippen LogP contribution in [0.4, 0.5) is 0 Å². The predicted molar refractivity (Wildman–Crippen MR) is 53.8 cm³/mol. The molecule has 1 saturated carbocycles. The smallest absolute Gasteiger partial charge is 0.0731 e. The zero-order valence-corrected chi connectivity index (χ0v) is 8.59. The van der Waals surface area contributed by atoms with Gasteiger partial charge in [-0.25, -0.2) is 0 Å². The van der Waals surface area contributed by atoms with E-state index in [0.29, 0.717) is 12.2 Å². The van der Waals surface area contributed by atoms with Crippen molar-refractivity contribution in [3.63, 3.8) is 0 Å². The van der Waals surface area contributed by atoms with Crippen molar-refractivity contribution >= 4 is 0 Å². The van der Waals surface area contributed by atoms with E-state index in [4.69, 9.17) is 4.74 Å². The van der Waals surface area contributed by atoms with Gasteiger partial charge in [0, 0.05) is 13.1 Å². The lowest BCUT2D eigenvalue weighted by Gasteiger charge is -2.33. The van der Waals surface area contributed by atoms with Crippen molar-refractivity contribution in [2.24, 2.45) is 5.92 Å². The Hall–Kier alpha value is -0.0800. The lowest BCUT2D eigenvalue weighted by molar-refractivity contribution is -0.0650. The molecule has 0 bridgehead atoms. The summed E-state index contributed by atoms with van der Waals surface area (Å²) in [6.07, 6.45) is 7.75. The van der Waals surface area contributed by atoms with Crippen LogP contribution in [0.5, 0.6) is 0 Å².